The quantitative estimate of drug-likeness (QED) is 0.822. The van der Waals surface area contributed by atoms with Crippen LogP contribution in [0.1, 0.15) is 19.3 Å². The number of anilines is 1. The summed E-state index contributed by atoms with van der Waals surface area (Å²) in [5, 5.41) is 3.03. The molecule has 2 amide bonds. The van der Waals surface area contributed by atoms with Gasteiger partial charge in [0.15, 0.2) is 0 Å². The van der Waals surface area contributed by atoms with Crippen LogP contribution >= 0.6 is 0 Å². The van der Waals surface area contributed by atoms with Crippen molar-refractivity contribution in [1.29, 1.82) is 0 Å². The molecule has 134 valence electrons. The van der Waals surface area contributed by atoms with Crippen molar-refractivity contribution in [3.63, 3.8) is 0 Å². The van der Waals surface area contributed by atoms with Crippen LogP contribution in [0.15, 0.2) is 49.1 Å². The number of benzene rings is 1. The van der Waals surface area contributed by atoms with Gasteiger partial charge in [-0.25, -0.2) is 9.78 Å². The van der Waals surface area contributed by atoms with E-state index in [0.717, 1.165) is 38.9 Å². The number of carbonyl (C=O) groups excluding carboxylic acids is 1. The molecule has 0 bridgehead atoms. The SMILES string of the molecule is CN(C(=O)NCCCn1ccnc1)C1CCCN(c2ccccc2)C1. The minimum atomic E-state index is 0.0190. The van der Waals surface area contributed by atoms with E-state index in [2.05, 4.69) is 39.5 Å². The van der Waals surface area contributed by atoms with Gasteiger partial charge in [0.2, 0.25) is 0 Å². The number of hydrogen-bond donors (Lipinski definition) is 1. The maximum Gasteiger partial charge on any atom is 0.317 e. The number of amides is 2. The Kier molecular flexibility index (Phi) is 5.93. The van der Waals surface area contributed by atoms with Gasteiger partial charge in [0.05, 0.1) is 12.4 Å². The highest BCUT2D eigenvalue weighted by molar-refractivity contribution is 5.74. The third-order valence-corrected chi connectivity index (χ3v) is 4.81. The van der Waals surface area contributed by atoms with Gasteiger partial charge in [-0.3, -0.25) is 0 Å². The fourth-order valence-corrected chi connectivity index (χ4v) is 3.31. The van der Waals surface area contributed by atoms with Gasteiger partial charge in [-0.15, -0.1) is 0 Å². The summed E-state index contributed by atoms with van der Waals surface area (Å²) in [6, 6.07) is 10.7. The average molecular weight is 341 g/mol. The average Bonchev–Trinajstić information content (AvgIpc) is 3.19. The molecule has 1 aromatic carbocycles. The topological polar surface area (TPSA) is 53.4 Å². The van der Waals surface area contributed by atoms with Gasteiger partial charge in [-0.05, 0) is 31.4 Å². The Balaban J connectivity index is 1.44. The van der Waals surface area contributed by atoms with Gasteiger partial charge in [0.1, 0.15) is 0 Å². The third kappa shape index (κ3) is 4.75. The Morgan fingerprint density at radius 2 is 2.20 bits per heavy atom. The number of para-hydroxylation sites is 1. The molecule has 1 N–H and O–H groups in total. The van der Waals surface area contributed by atoms with Crippen molar-refractivity contribution in [2.24, 2.45) is 0 Å². The normalized spacial score (nSPS) is 17.3. The molecule has 2 aromatic rings. The van der Waals surface area contributed by atoms with Crippen LogP contribution in [0.4, 0.5) is 10.5 Å². The molecule has 1 atom stereocenters. The summed E-state index contributed by atoms with van der Waals surface area (Å²) in [5.41, 5.74) is 1.24. The zero-order valence-corrected chi connectivity index (χ0v) is 14.8. The Morgan fingerprint density at radius 1 is 1.36 bits per heavy atom. The second kappa shape index (κ2) is 8.55. The summed E-state index contributed by atoms with van der Waals surface area (Å²) in [6.45, 7) is 3.50. The summed E-state index contributed by atoms with van der Waals surface area (Å²) >= 11 is 0. The zero-order valence-electron chi connectivity index (χ0n) is 14.8. The highest BCUT2D eigenvalue weighted by atomic mass is 16.2. The first kappa shape index (κ1) is 17.3. The lowest BCUT2D eigenvalue weighted by molar-refractivity contribution is 0.182. The Bertz CT molecular complexity index is 643. The number of hydrogen-bond acceptors (Lipinski definition) is 3. The van der Waals surface area contributed by atoms with E-state index in [4.69, 9.17) is 0 Å². The van der Waals surface area contributed by atoms with Crippen LogP contribution in [0.2, 0.25) is 0 Å². The molecule has 1 aliphatic heterocycles. The minimum Gasteiger partial charge on any atom is -0.369 e. The zero-order chi connectivity index (χ0) is 17.5. The largest absolute Gasteiger partial charge is 0.369 e. The van der Waals surface area contributed by atoms with Gasteiger partial charge in [-0.1, -0.05) is 18.2 Å². The van der Waals surface area contributed by atoms with Crippen LogP contribution in [0, 0.1) is 0 Å². The molecule has 0 spiro atoms. The molecule has 6 heteroatoms. The van der Waals surface area contributed by atoms with Crippen LogP contribution in [0.5, 0.6) is 0 Å². The van der Waals surface area contributed by atoms with Crippen molar-refractivity contribution in [1.82, 2.24) is 19.8 Å². The molecule has 0 aliphatic carbocycles. The first-order valence-corrected chi connectivity index (χ1v) is 9.00. The second-order valence-electron chi connectivity index (χ2n) is 6.57. The van der Waals surface area contributed by atoms with Crippen LogP contribution in [0.25, 0.3) is 0 Å². The van der Waals surface area contributed by atoms with Gasteiger partial charge >= 0.3 is 6.03 Å². The molecule has 6 nitrogen and oxygen atoms in total. The fraction of sp³-hybridized carbons (Fsp3) is 0.474. The van der Waals surface area contributed by atoms with E-state index in [-0.39, 0.29) is 12.1 Å². The van der Waals surface area contributed by atoms with Crippen LogP contribution in [-0.4, -0.2) is 53.2 Å². The Labute approximate surface area is 149 Å². The van der Waals surface area contributed by atoms with E-state index in [1.807, 2.05) is 28.8 Å². The number of rotatable bonds is 6. The first-order chi connectivity index (χ1) is 12.2. The molecular formula is C19H27N5O. The van der Waals surface area contributed by atoms with E-state index >= 15 is 0 Å². The molecule has 2 heterocycles. The van der Waals surface area contributed by atoms with Gasteiger partial charge < -0.3 is 19.7 Å². The minimum absolute atomic E-state index is 0.0190. The first-order valence-electron chi connectivity index (χ1n) is 9.00. The summed E-state index contributed by atoms with van der Waals surface area (Å²) in [7, 11) is 1.91. The number of likely N-dealkylation sites (N-methyl/N-ethyl adjacent to an activating group) is 1. The number of aryl methyl sites for hydroxylation is 1. The van der Waals surface area contributed by atoms with Crippen molar-refractivity contribution in [2.75, 3.05) is 31.6 Å². The molecule has 0 saturated carbocycles. The number of piperidine rings is 1. The third-order valence-electron chi connectivity index (χ3n) is 4.81. The number of aromatic nitrogens is 2. The van der Waals surface area contributed by atoms with Crippen LogP contribution in [-0.2, 0) is 6.54 Å². The molecule has 1 aliphatic rings. The highest BCUT2D eigenvalue weighted by Gasteiger charge is 2.26. The van der Waals surface area contributed by atoms with Crippen molar-refractivity contribution in [3.05, 3.63) is 49.1 Å². The molecule has 3 rings (SSSR count). The van der Waals surface area contributed by atoms with E-state index in [0.29, 0.717) is 6.54 Å². The molecular weight excluding hydrogens is 314 g/mol. The van der Waals surface area contributed by atoms with Crippen LogP contribution in [0.3, 0.4) is 0 Å². The van der Waals surface area contributed by atoms with Gasteiger partial charge in [0.25, 0.3) is 0 Å². The van der Waals surface area contributed by atoms with Crippen molar-refractivity contribution >= 4 is 11.7 Å². The van der Waals surface area contributed by atoms with Gasteiger partial charge in [-0.2, -0.15) is 0 Å². The number of carbonyl (C=O) groups is 1. The number of imidazole rings is 1. The molecule has 25 heavy (non-hydrogen) atoms. The van der Waals surface area contributed by atoms with Gasteiger partial charge in [0, 0.05) is 51.3 Å². The van der Waals surface area contributed by atoms with E-state index in [9.17, 15) is 4.79 Å². The summed E-state index contributed by atoms with van der Waals surface area (Å²) < 4.78 is 2.02. The molecule has 1 aromatic heterocycles. The van der Waals surface area contributed by atoms with E-state index in [1.54, 1.807) is 12.5 Å². The van der Waals surface area contributed by atoms with Crippen molar-refractivity contribution in [3.8, 4) is 0 Å². The lowest BCUT2D eigenvalue weighted by Gasteiger charge is -2.38. The number of nitrogens with one attached hydrogen (secondary N) is 1. The fourth-order valence-electron chi connectivity index (χ4n) is 3.31. The van der Waals surface area contributed by atoms with E-state index in [1.165, 1.54) is 5.69 Å². The maximum absolute atomic E-state index is 12.4. The standard InChI is InChI=1S/C19H27N5O/c1-22(19(25)21-10-6-12-23-14-11-20-16-23)18-9-5-13-24(15-18)17-7-3-2-4-8-17/h2-4,7-8,11,14,16,18H,5-6,9-10,12-13,15H2,1H3,(H,21,25). The Morgan fingerprint density at radius 3 is 2.96 bits per heavy atom. The summed E-state index contributed by atoms with van der Waals surface area (Å²) in [4.78, 5) is 20.7. The molecule has 0 radical (unpaired) electrons. The van der Waals surface area contributed by atoms with Crippen molar-refractivity contribution in [2.45, 2.75) is 31.8 Å². The molecule has 1 fully saturated rings. The monoisotopic (exact) mass is 341 g/mol. The van der Waals surface area contributed by atoms with Crippen LogP contribution < -0.4 is 10.2 Å². The van der Waals surface area contributed by atoms with E-state index < -0.39 is 0 Å². The Hall–Kier alpha value is -2.50. The smallest absolute Gasteiger partial charge is 0.317 e. The lowest BCUT2D eigenvalue weighted by Crippen LogP contribution is -2.51. The highest BCUT2D eigenvalue weighted by Crippen LogP contribution is 2.21. The molecule has 1 unspecified atom stereocenters. The maximum atomic E-state index is 12.4. The predicted octanol–water partition coefficient (Wildman–Crippen LogP) is 2.58. The summed E-state index contributed by atoms with van der Waals surface area (Å²) in [5.74, 6) is 0. The second-order valence-corrected chi connectivity index (χ2v) is 6.57. The summed E-state index contributed by atoms with van der Waals surface area (Å²) in [6.07, 6.45) is 8.58. The molecule has 1 saturated heterocycles. The predicted molar refractivity (Wildman–Crippen MR) is 99.7 cm³/mol. The van der Waals surface area contributed by atoms with Crippen molar-refractivity contribution < 1.29 is 4.79 Å². The number of nitrogens with zero attached hydrogens (tertiary/aromatic N) is 4. The number of urea groups is 1. The lowest BCUT2D eigenvalue weighted by atomic mass is 10.0.